The number of carbonyl (C=O) groups is 1. The fourth-order valence-corrected chi connectivity index (χ4v) is 5.77. The smallest absolute Gasteiger partial charge is 0.328 e. The molecule has 39 heavy (non-hydrogen) atoms. The summed E-state index contributed by atoms with van der Waals surface area (Å²) in [6.07, 6.45) is 4.96. The van der Waals surface area contributed by atoms with E-state index in [4.69, 9.17) is 9.47 Å². The SMILES string of the molecule is CCOc1cc2[nH]c(=O)n(CC3CCC(C(=O)N4CCN(c5ccccn5)CC4)CC3)c(=O)c2cc1OCC. The van der Waals surface area contributed by atoms with Crippen molar-refractivity contribution in [3.63, 3.8) is 0 Å². The van der Waals surface area contributed by atoms with Crippen LogP contribution in [0.2, 0.25) is 0 Å². The van der Waals surface area contributed by atoms with E-state index in [1.165, 1.54) is 4.57 Å². The van der Waals surface area contributed by atoms with Crippen molar-refractivity contribution in [3.8, 4) is 11.5 Å². The van der Waals surface area contributed by atoms with Crippen molar-refractivity contribution >= 4 is 22.6 Å². The minimum Gasteiger partial charge on any atom is -0.490 e. The average molecular weight is 536 g/mol. The highest BCUT2D eigenvalue weighted by molar-refractivity contribution is 5.81. The molecule has 0 radical (unpaired) electrons. The van der Waals surface area contributed by atoms with Crippen LogP contribution >= 0.6 is 0 Å². The Hall–Kier alpha value is -3.82. The van der Waals surface area contributed by atoms with Crippen LogP contribution in [0, 0.1) is 11.8 Å². The number of carbonyl (C=O) groups excluding carboxylic acids is 1. The van der Waals surface area contributed by atoms with Crippen LogP contribution in [-0.2, 0) is 11.3 Å². The van der Waals surface area contributed by atoms with Gasteiger partial charge in [-0.25, -0.2) is 9.78 Å². The quantitative estimate of drug-likeness (QED) is 0.472. The third-order valence-corrected chi connectivity index (χ3v) is 7.85. The normalized spacial score (nSPS) is 19.7. The number of benzene rings is 1. The zero-order chi connectivity index (χ0) is 27.4. The molecule has 1 N–H and O–H groups in total. The number of pyridine rings is 1. The standard InChI is InChI=1S/C29H37N5O5/c1-3-38-24-17-22-23(18-25(24)39-4-2)31-29(37)34(28(22)36)19-20-8-10-21(11-9-20)27(35)33-15-13-32(14-16-33)26-7-5-6-12-30-26/h5-7,12,17-18,20-21H,3-4,8-11,13-16,19H2,1-2H3,(H,31,37). The second-order valence-corrected chi connectivity index (χ2v) is 10.3. The topological polar surface area (TPSA) is 110 Å². The minimum atomic E-state index is -0.428. The maximum atomic E-state index is 13.3. The molecular weight excluding hydrogens is 498 g/mol. The summed E-state index contributed by atoms with van der Waals surface area (Å²) >= 11 is 0. The van der Waals surface area contributed by atoms with Crippen LogP contribution in [0.4, 0.5) is 5.82 Å². The highest BCUT2D eigenvalue weighted by Crippen LogP contribution is 2.32. The summed E-state index contributed by atoms with van der Waals surface area (Å²) in [5.41, 5.74) is -0.324. The lowest BCUT2D eigenvalue weighted by Gasteiger charge is -2.38. The van der Waals surface area contributed by atoms with Gasteiger partial charge in [-0.05, 0) is 63.6 Å². The number of anilines is 1. The van der Waals surface area contributed by atoms with Gasteiger partial charge in [0.05, 0.1) is 24.1 Å². The molecule has 10 heteroatoms. The third kappa shape index (κ3) is 5.79. The predicted molar refractivity (Wildman–Crippen MR) is 150 cm³/mol. The first-order valence-corrected chi connectivity index (χ1v) is 14.0. The van der Waals surface area contributed by atoms with Crippen LogP contribution in [0.3, 0.4) is 0 Å². The molecule has 2 aliphatic rings. The molecule has 208 valence electrons. The number of hydrogen-bond acceptors (Lipinski definition) is 7. The van der Waals surface area contributed by atoms with Gasteiger partial charge >= 0.3 is 5.69 Å². The summed E-state index contributed by atoms with van der Waals surface area (Å²) in [6, 6.07) is 9.20. The number of ether oxygens (including phenoxy) is 2. The van der Waals surface area contributed by atoms with Crippen molar-refractivity contribution in [3.05, 3.63) is 57.4 Å². The molecule has 1 aliphatic carbocycles. The number of aromatic nitrogens is 3. The maximum absolute atomic E-state index is 13.3. The lowest BCUT2D eigenvalue weighted by Crippen LogP contribution is -2.51. The Bertz CT molecular complexity index is 1400. The van der Waals surface area contributed by atoms with Gasteiger partial charge in [0.15, 0.2) is 11.5 Å². The van der Waals surface area contributed by atoms with Crippen LogP contribution in [0.5, 0.6) is 11.5 Å². The number of amides is 1. The van der Waals surface area contributed by atoms with E-state index in [0.29, 0.717) is 55.2 Å². The first kappa shape index (κ1) is 26.8. The average Bonchev–Trinajstić information content (AvgIpc) is 2.97. The van der Waals surface area contributed by atoms with E-state index in [-0.39, 0.29) is 23.3 Å². The van der Waals surface area contributed by atoms with Crippen LogP contribution in [0.1, 0.15) is 39.5 Å². The molecule has 2 aromatic heterocycles. The van der Waals surface area contributed by atoms with Gasteiger partial charge in [0, 0.05) is 50.9 Å². The summed E-state index contributed by atoms with van der Waals surface area (Å²) < 4.78 is 12.6. The van der Waals surface area contributed by atoms with E-state index >= 15 is 0 Å². The predicted octanol–water partition coefficient (Wildman–Crippen LogP) is 3.04. The Labute approximate surface area is 227 Å². The molecular formula is C29H37N5O5. The van der Waals surface area contributed by atoms with Crippen molar-refractivity contribution < 1.29 is 14.3 Å². The molecule has 2 fully saturated rings. The number of fused-ring (bicyclic) bond motifs is 1. The number of hydrogen-bond donors (Lipinski definition) is 1. The summed E-state index contributed by atoms with van der Waals surface area (Å²) in [5, 5.41) is 0.398. The molecule has 3 aromatic rings. The molecule has 1 aromatic carbocycles. The molecule has 1 saturated carbocycles. The second kappa shape index (κ2) is 11.9. The van der Waals surface area contributed by atoms with Gasteiger partial charge in [-0.3, -0.25) is 14.2 Å². The summed E-state index contributed by atoms with van der Waals surface area (Å²) in [6.45, 7) is 7.92. The Balaban J connectivity index is 1.21. The molecule has 0 spiro atoms. The summed E-state index contributed by atoms with van der Waals surface area (Å²) in [7, 11) is 0. The van der Waals surface area contributed by atoms with Gasteiger partial charge in [-0.2, -0.15) is 0 Å². The molecule has 0 unspecified atom stereocenters. The zero-order valence-corrected chi connectivity index (χ0v) is 22.7. The number of piperazine rings is 1. The van der Waals surface area contributed by atoms with E-state index in [2.05, 4.69) is 14.9 Å². The van der Waals surface area contributed by atoms with Crippen LogP contribution in [-0.4, -0.2) is 64.7 Å². The van der Waals surface area contributed by atoms with Crippen molar-refractivity contribution in [1.29, 1.82) is 0 Å². The molecule has 10 nitrogen and oxygen atoms in total. The number of rotatable bonds is 8. The van der Waals surface area contributed by atoms with Crippen molar-refractivity contribution in [2.75, 3.05) is 44.3 Å². The fourth-order valence-electron chi connectivity index (χ4n) is 5.77. The highest BCUT2D eigenvalue weighted by Gasteiger charge is 2.32. The van der Waals surface area contributed by atoms with E-state index < -0.39 is 5.69 Å². The van der Waals surface area contributed by atoms with Gasteiger partial charge in [0.25, 0.3) is 5.56 Å². The minimum absolute atomic E-state index is 0.00000221. The van der Waals surface area contributed by atoms with E-state index in [1.807, 2.05) is 36.9 Å². The second-order valence-electron chi connectivity index (χ2n) is 10.3. The number of nitrogens with one attached hydrogen (secondary N) is 1. The Morgan fingerprint density at radius 2 is 1.67 bits per heavy atom. The first-order valence-electron chi connectivity index (χ1n) is 14.0. The number of aromatic amines is 1. The lowest BCUT2D eigenvalue weighted by atomic mass is 9.81. The summed E-state index contributed by atoms with van der Waals surface area (Å²) in [4.78, 5) is 50.9. The Morgan fingerprint density at radius 3 is 2.31 bits per heavy atom. The van der Waals surface area contributed by atoms with Crippen molar-refractivity contribution in [1.82, 2.24) is 19.4 Å². The maximum Gasteiger partial charge on any atom is 0.328 e. The first-order chi connectivity index (χ1) is 19.0. The lowest BCUT2D eigenvalue weighted by molar-refractivity contribution is -0.137. The molecule has 1 amide bonds. The van der Waals surface area contributed by atoms with Gasteiger partial charge in [-0.15, -0.1) is 0 Å². The van der Waals surface area contributed by atoms with E-state index in [9.17, 15) is 14.4 Å². The Kier molecular flexibility index (Phi) is 8.18. The van der Waals surface area contributed by atoms with Gasteiger partial charge in [-0.1, -0.05) is 6.07 Å². The van der Waals surface area contributed by atoms with E-state index in [0.717, 1.165) is 44.6 Å². The largest absolute Gasteiger partial charge is 0.490 e. The van der Waals surface area contributed by atoms with Crippen LogP contribution in [0.15, 0.2) is 46.1 Å². The van der Waals surface area contributed by atoms with Crippen molar-refractivity contribution in [2.24, 2.45) is 11.8 Å². The van der Waals surface area contributed by atoms with Crippen LogP contribution in [0.25, 0.3) is 10.9 Å². The molecule has 1 saturated heterocycles. The van der Waals surface area contributed by atoms with Gasteiger partial charge < -0.3 is 24.3 Å². The Morgan fingerprint density at radius 1 is 0.974 bits per heavy atom. The summed E-state index contributed by atoms with van der Waals surface area (Å²) in [5.74, 6) is 2.33. The molecule has 0 bridgehead atoms. The van der Waals surface area contributed by atoms with E-state index in [1.54, 1.807) is 18.3 Å². The fraction of sp³-hybridized carbons (Fsp3) is 0.517. The van der Waals surface area contributed by atoms with Gasteiger partial charge in [0.2, 0.25) is 5.91 Å². The highest BCUT2D eigenvalue weighted by atomic mass is 16.5. The zero-order valence-electron chi connectivity index (χ0n) is 22.7. The monoisotopic (exact) mass is 535 g/mol. The molecule has 3 heterocycles. The van der Waals surface area contributed by atoms with Crippen molar-refractivity contribution in [2.45, 2.75) is 46.1 Å². The number of nitrogens with zero attached hydrogens (tertiary/aromatic N) is 4. The van der Waals surface area contributed by atoms with Crippen LogP contribution < -0.4 is 25.6 Å². The molecule has 5 rings (SSSR count). The number of H-pyrrole nitrogens is 1. The van der Waals surface area contributed by atoms with Gasteiger partial charge in [0.1, 0.15) is 5.82 Å². The molecule has 0 atom stereocenters. The third-order valence-electron chi connectivity index (χ3n) is 7.85. The molecule has 1 aliphatic heterocycles.